The van der Waals surface area contributed by atoms with Gasteiger partial charge in [0, 0.05) is 19.8 Å². The zero-order valence-electron chi connectivity index (χ0n) is 43.5. The van der Waals surface area contributed by atoms with Gasteiger partial charge in [-0.3, -0.25) is 0 Å². The van der Waals surface area contributed by atoms with Crippen LogP contribution in [0.15, 0.2) is 0 Å². The van der Waals surface area contributed by atoms with E-state index in [9.17, 15) is 14.4 Å². The number of hydrogen-bond donors (Lipinski definition) is 2. The van der Waals surface area contributed by atoms with Crippen molar-refractivity contribution in [3.05, 3.63) is 5.53 Å². The van der Waals surface area contributed by atoms with Crippen molar-refractivity contribution in [3.8, 4) is 0 Å². The van der Waals surface area contributed by atoms with E-state index < -0.39 is 11.9 Å². The Morgan fingerprint density at radius 1 is 0.449 bits per heavy atom. The summed E-state index contributed by atoms with van der Waals surface area (Å²) >= 11 is 1.40. The van der Waals surface area contributed by atoms with Gasteiger partial charge >= 0.3 is 43.0 Å². The van der Waals surface area contributed by atoms with E-state index in [-0.39, 0.29) is 56.7 Å². The number of esters is 2. The van der Waals surface area contributed by atoms with Crippen molar-refractivity contribution < 1.29 is 130 Å². The third-order valence-corrected chi connectivity index (χ3v) is 6.57. The first-order valence-corrected chi connectivity index (χ1v) is 22.7. The van der Waals surface area contributed by atoms with Gasteiger partial charge < -0.3 is 97.0 Å². The van der Waals surface area contributed by atoms with Crippen LogP contribution in [-0.2, 0) is 90.2 Å². The Morgan fingerprint density at radius 3 is 0.928 bits per heavy atom. The molecule has 0 rings (SSSR count). The van der Waals surface area contributed by atoms with Crippen LogP contribution in [0.3, 0.4) is 0 Å². The van der Waals surface area contributed by atoms with Gasteiger partial charge in [0.05, 0.1) is 172 Å². The summed E-state index contributed by atoms with van der Waals surface area (Å²) in [5.41, 5.74) is 7.73. The number of aliphatic hydroxyl groups excluding tert-OH is 1. The fourth-order valence-corrected chi connectivity index (χ4v) is 3.76. The number of ether oxygens (including phenoxy) is 16. The van der Waals surface area contributed by atoms with Gasteiger partial charge in [0.15, 0.2) is 0 Å². The summed E-state index contributed by atoms with van der Waals surface area (Å²) in [7, 11) is 0. The zero-order valence-corrected chi connectivity index (χ0v) is 44.6. The molecule has 0 aliphatic heterocycles. The number of aliphatic hydroxyl groups is 1. The van der Waals surface area contributed by atoms with Crippen LogP contribution in [0, 0.1) is 0 Å². The Bertz CT molecular complexity index is 1010. The van der Waals surface area contributed by atoms with E-state index in [1.165, 1.54) is 23.8 Å². The molecule has 0 aliphatic rings. The van der Waals surface area contributed by atoms with Crippen LogP contribution in [-0.4, -0.2) is 250 Å². The Hall–Kier alpha value is -1.52. The molecule has 0 saturated carbocycles. The van der Waals surface area contributed by atoms with Crippen LogP contribution in [0.4, 0.5) is 0 Å². The van der Waals surface area contributed by atoms with E-state index >= 15 is 0 Å². The summed E-state index contributed by atoms with van der Waals surface area (Å²) in [6, 6.07) is 0. The molecule has 410 valence electrons. The summed E-state index contributed by atoms with van der Waals surface area (Å²) in [6.07, 6.45) is 3.78. The van der Waals surface area contributed by atoms with Crippen LogP contribution >= 0.6 is 23.8 Å². The molecule has 0 radical (unpaired) electrons. The molecule has 0 amide bonds. The predicted octanol–water partition coefficient (Wildman–Crippen LogP) is -0.643. The van der Waals surface area contributed by atoms with Crippen molar-refractivity contribution in [1.29, 1.82) is 0.594 Å². The molecule has 24 nitrogen and oxygen atoms in total. The first-order chi connectivity index (χ1) is 33.3. The van der Waals surface area contributed by atoms with Crippen molar-refractivity contribution in [2.45, 2.75) is 53.9 Å². The van der Waals surface area contributed by atoms with Gasteiger partial charge in [0.2, 0.25) is 0 Å². The maximum Gasteiger partial charge on any atom is 1.00 e. The van der Waals surface area contributed by atoms with Gasteiger partial charge in [-0.05, 0) is 33.1 Å². The number of nitrogens with zero attached hydrogens (tertiary/aromatic N) is 2. The fraction of sp³-hybridized carbons (Fsp3) is 0.907. The van der Waals surface area contributed by atoms with Gasteiger partial charge in [0.25, 0.3) is 0 Å². The number of aliphatic carboxylic acids is 1. The molecule has 26 heteroatoms. The van der Waals surface area contributed by atoms with Gasteiger partial charge in [-0.25, -0.2) is 14.4 Å². The molecule has 0 aromatic carbocycles. The van der Waals surface area contributed by atoms with Gasteiger partial charge in [0.1, 0.15) is 13.8 Å². The first kappa shape index (κ1) is 78.9. The van der Waals surface area contributed by atoms with Crippen LogP contribution in [0.25, 0.3) is 5.53 Å². The molecule has 0 unspecified atom stereocenters. The number of hydrogen-bond acceptors (Lipinski definition) is 21. The largest absolute Gasteiger partial charge is 1.00 e. The molecule has 69 heavy (non-hydrogen) atoms. The van der Waals surface area contributed by atoms with Crippen LogP contribution in [0.5, 0.6) is 0 Å². The van der Waals surface area contributed by atoms with E-state index in [0.717, 1.165) is 39.1 Å². The molecule has 0 aliphatic carbocycles. The molecule has 0 spiro atoms. The van der Waals surface area contributed by atoms with Crippen molar-refractivity contribution >= 4 is 47.9 Å². The van der Waals surface area contributed by atoms with Crippen LogP contribution in [0.2, 0.25) is 0 Å². The molecule has 0 atom stereocenters. The standard InChI is InChI=1S/C15H30O7.C13H26O7.C11H24O5.C4H6N2O2.HI.Li.H2O/c1-3-5-17-6-7-18-8-9-19-10-11-20-12-13-21-14-15(16)22-4-2;1-2-3-16-4-5-17-6-7-18-8-9-19-10-11-20-12-13(14)15;1-2-4-13-6-8-15-10-11-16-9-7-14-5-3-12;1-2-8-4(7)3-6-5;;;/h3-14H2,1-2H3;2-12H2,1H3,(H,14,15);12H,2-11H2,1H3;3H,2H2,1H3;1H;;1H2/q;;;;;+1;/p-1/i/hD. The predicted molar refractivity (Wildman–Crippen MR) is 257 cm³/mol. The number of carboxylic acids is 1. The van der Waals surface area contributed by atoms with Crippen molar-refractivity contribution in [2.75, 3.05) is 205 Å². The van der Waals surface area contributed by atoms with Crippen molar-refractivity contribution in [1.82, 2.24) is 0 Å². The van der Waals surface area contributed by atoms with Crippen LogP contribution in [0.1, 0.15) is 53.9 Å². The number of carboxylic acid groups (broad SMARTS) is 1. The molecule has 0 aromatic rings. The van der Waals surface area contributed by atoms with Gasteiger partial charge in [-0.2, -0.15) is 4.79 Å². The molecule has 0 bridgehead atoms. The third-order valence-electron chi connectivity index (χ3n) is 6.57. The fourth-order valence-electron chi connectivity index (χ4n) is 3.76. The number of carbonyl (C=O) groups is 3. The number of carbonyl (C=O) groups excluding carboxylic acids is 2. The Morgan fingerprint density at radius 2 is 0.696 bits per heavy atom. The average molecular weight is 1120 g/mol. The Balaban J connectivity index is -0.000000154. The molecule has 0 heterocycles. The van der Waals surface area contributed by atoms with Gasteiger partial charge in [-0.15, -0.1) is 23.8 Å². The molecule has 0 saturated heterocycles. The van der Waals surface area contributed by atoms with Crippen LogP contribution < -0.4 is 18.9 Å². The topological polar surface area (TPSA) is 306 Å². The molecule has 0 aromatic heterocycles. The summed E-state index contributed by atoms with van der Waals surface area (Å²) in [5.74, 6) is -1.96. The monoisotopic (exact) mass is 1120 g/mol. The minimum Gasteiger partial charge on any atom is -0.870 e. The molecular weight excluding hydrogens is 1030 g/mol. The normalized spacial score (nSPS) is 10.0. The summed E-state index contributed by atoms with van der Waals surface area (Å²) in [4.78, 5) is 33.6. The van der Waals surface area contributed by atoms with E-state index in [1.54, 1.807) is 13.8 Å². The SMILES string of the molecule is CCCOCCOCCOCCOCCO.CCCOCCOCCOCCOCCOCC(=O)O.CCCOCCOCCOCCOCCOCC(=O)OCC.CCOC(=O)C=[N+]=[N-].[2H]I.[Li+].[OH-]. The number of halogens is 1. The second-order valence-electron chi connectivity index (χ2n) is 12.4. The van der Waals surface area contributed by atoms with E-state index in [4.69, 9.17) is 87.4 Å². The van der Waals surface area contributed by atoms with E-state index in [0.29, 0.717) is 165 Å². The molecule has 0 fully saturated rings. The smallest absolute Gasteiger partial charge is 0.870 e. The second kappa shape index (κ2) is 80.6. The summed E-state index contributed by atoms with van der Waals surface area (Å²) < 4.78 is 87.7. The summed E-state index contributed by atoms with van der Waals surface area (Å²) in [5, 5.41) is 16.7. The first-order valence-electron chi connectivity index (χ1n) is 23.1. The van der Waals surface area contributed by atoms with Crippen molar-refractivity contribution in [2.24, 2.45) is 0 Å². The van der Waals surface area contributed by atoms with E-state index in [1.807, 2.05) is 0 Å². The maximum atomic E-state index is 10.9. The minimum atomic E-state index is -0.978. The summed E-state index contributed by atoms with van der Waals surface area (Å²) in [6.45, 7) is 24.1. The Kier molecular flexibility index (Phi) is 92.1. The van der Waals surface area contributed by atoms with E-state index in [2.05, 4.69) is 30.3 Å². The molecule has 3 N–H and O–H groups in total. The maximum absolute atomic E-state index is 10.9. The minimum absolute atomic E-state index is 0. The Labute approximate surface area is 440 Å². The molecular formula is C43H88ILiN2O22. The third kappa shape index (κ3) is 93.1. The quantitative estimate of drug-likeness (QED) is 0.0146. The van der Waals surface area contributed by atoms with Crippen molar-refractivity contribution in [3.63, 3.8) is 0 Å². The van der Waals surface area contributed by atoms with Gasteiger partial charge in [-0.1, -0.05) is 20.8 Å². The average Bonchev–Trinajstić information content (AvgIpc) is 3.33. The zero-order chi connectivity index (χ0) is 51.5. The number of rotatable bonds is 48. The second-order valence-corrected chi connectivity index (χ2v) is 12.4.